The number of aliphatic carboxylic acids is 1. The molecule has 4 nitrogen and oxygen atoms in total. The van der Waals surface area contributed by atoms with E-state index in [9.17, 15) is 14.7 Å². The van der Waals surface area contributed by atoms with Gasteiger partial charge in [0.05, 0.1) is 0 Å². The zero-order valence-electron chi connectivity index (χ0n) is 11.2. The molecule has 104 valence electrons. The maximum absolute atomic E-state index is 11.8. The van der Waals surface area contributed by atoms with E-state index in [1.54, 1.807) is 31.2 Å². The highest BCUT2D eigenvalue weighted by Crippen LogP contribution is 2.29. The molecule has 0 aliphatic rings. The van der Waals surface area contributed by atoms with E-state index in [1.165, 1.54) is 11.9 Å². The van der Waals surface area contributed by atoms with Crippen LogP contribution in [0.15, 0.2) is 30.3 Å². The maximum atomic E-state index is 11.8. The molecule has 0 saturated heterocycles. The molecule has 0 aliphatic carbocycles. The molecule has 0 spiro atoms. The summed E-state index contributed by atoms with van der Waals surface area (Å²) >= 11 is 1.31. The van der Waals surface area contributed by atoms with Crippen molar-refractivity contribution in [1.82, 2.24) is 4.72 Å². The van der Waals surface area contributed by atoms with E-state index in [0.29, 0.717) is 12.0 Å². The number of rotatable bonds is 8. The molecule has 0 unspecified atom stereocenters. The molecule has 0 aromatic heterocycles. The van der Waals surface area contributed by atoms with Crippen LogP contribution in [0.2, 0.25) is 0 Å². The van der Waals surface area contributed by atoms with Crippen molar-refractivity contribution in [2.24, 2.45) is 0 Å². The van der Waals surface area contributed by atoms with Gasteiger partial charge in [0, 0.05) is 18.6 Å². The number of ketones is 1. The SMILES string of the molecule is CCSN[C@@](CC(=O)CC)(C(=O)O)c1ccccc1. The monoisotopic (exact) mass is 281 g/mol. The first-order valence-electron chi connectivity index (χ1n) is 6.26. The number of carboxylic acid groups (broad SMARTS) is 1. The molecule has 1 aromatic carbocycles. The predicted molar refractivity (Wildman–Crippen MR) is 76.9 cm³/mol. The summed E-state index contributed by atoms with van der Waals surface area (Å²) in [6.45, 7) is 3.67. The fraction of sp³-hybridized carbons (Fsp3) is 0.429. The summed E-state index contributed by atoms with van der Waals surface area (Å²) in [5.74, 6) is -0.376. The van der Waals surface area contributed by atoms with Crippen molar-refractivity contribution in [3.8, 4) is 0 Å². The Bertz CT molecular complexity index is 436. The minimum atomic E-state index is -1.35. The third-order valence-electron chi connectivity index (χ3n) is 2.88. The van der Waals surface area contributed by atoms with Crippen LogP contribution in [-0.2, 0) is 15.1 Å². The van der Waals surface area contributed by atoms with Gasteiger partial charge in [-0.3, -0.25) is 4.79 Å². The Labute approximate surface area is 117 Å². The zero-order chi connectivity index (χ0) is 14.3. The molecule has 0 fully saturated rings. The summed E-state index contributed by atoms with van der Waals surface area (Å²) in [6, 6.07) is 8.86. The third-order valence-corrected chi connectivity index (χ3v) is 3.66. The van der Waals surface area contributed by atoms with E-state index in [2.05, 4.69) is 4.72 Å². The lowest BCUT2D eigenvalue weighted by molar-refractivity contribution is -0.146. The molecule has 0 aliphatic heterocycles. The van der Waals surface area contributed by atoms with Gasteiger partial charge in [-0.05, 0) is 5.56 Å². The average molecular weight is 281 g/mol. The van der Waals surface area contributed by atoms with Gasteiger partial charge in [-0.1, -0.05) is 56.1 Å². The molecule has 1 atom stereocenters. The second-order valence-electron chi connectivity index (χ2n) is 4.18. The van der Waals surface area contributed by atoms with Crippen LogP contribution in [0.1, 0.15) is 32.3 Å². The number of carboxylic acids is 1. The van der Waals surface area contributed by atoms with Crippen LogP contribution in [0.25, 0.3) is 0 Å². The molecule has 0 bridgehead atoms. The Morgan fingerprint density at radius 3 is 2.37 bits per heavy atom. The highest BCUT2D eigenvalue weighted by Gasteiger charge is 2.41. The largest absolute Gasteiger partial charge is 0.480 e. The highest BCUT2D eigenvalue weighted by atomic mass is 32.2. The molecule has 0 radical (unpaired) electrons. The van der Waals surface area contributed by atoms with Crippen LogP contribution in [0.5, 0.6) is 0 Å². The zero-order valence-corrected chi connectivity index (χ0v) is 12.0. The van der Waals surface area contributed by atoms with Gasteiger partial charge >= 0.3 is 5.97 Å². The summed E-state index contributed by atoms with van der Waals surface area (Å²) in [5.41, 5.74) is -0.750. The molecule has 0 heterocycles. The van der Waals surface area contributed by atoms with Crippen molar-refractivity contribution in [2.45, 2.75) is 32.2 Å². The van der Waals surface area contributed by atoms with Crippen molar-refractivity contribution in [1.29, 1.82) is 0 Å². The van der Waals surface area contributed by atoms with E-state index in [4.69, 9.17) is 0 Å². The number of hydrogen-bond acceptors (Lipinski definition) is 4. The Morgan fingerprint density at radius 1 is 1.26 bits per heavy atom. The Kier molecular flexibility index (Phi) is 6.05. The second kappa shape index (κ2) is 7.31. The van der Waals surface area contributed by atoms with Gasteiger partial charge in [-0.2, -0.15) is 0 Å². The summed E-state index contributed by atoms with van der Waals surface area (Å²) in [5, 5.41) is 9.62. The number of Topliss-reactive ketones (excluding diaryl/α,β-unsaturated/α-hetero) is 1. The van der Waals surface area contributed by atoms with Gasteiger partial charge in [0.1, 0.15) is 5.78 Å². The van der Waals surface area contributed by atoms with E-state index >= 15 is 0 Å². The summed E-state index contributed by atoms with van der Waals surface area (Å²) in [4.78, 5) is 23.5. The first-order valence-corrected chi connectivity index (χ1v) is 7.25. The fourth-order valence-electron chi connectivity index (χ4n) is 1.78. The lowest BCUT2D eigenvalue weighted by Gasteiger charge is -2.30. The number of nitrogens with one attached hydrogen (secondary N) is 1. The van der Waals surface area contributed by atoms with Crippen LogP contribution in [0.4, 0.5) is 0 Å². The standard InChI is InChI=1S/C14H19NO3S/c1-3-12(16)10-14(13(17)18,15-19-4-2)11-8-6-5-7-9-11/h5-9,15H,3-4,10H2,1-2H3,(H,17,18)/t14-/m1/s1. The molecular weight excluding hydrogens is 262 g/mol. The summed E-state index contributed by atoms with van der Waals surface area (Å²) < 4.78 is 2.96. The van der Waals surface area contributed by atoms with E-state index < -0.39 is 11.5 Å². The maximum Gasteiger partial charge on any atom is 0.329 e. The average Bonchev–Trinajstić information content (AvgIpc) is 2.43. The Hall–Kier alpha value is -1.33. The lowest BCUT2D eigenvalue weighted by atomic mass is 9.85. The van der Waals surface area contributed by atoms with Gasteiger partial charge in [0.25, 0.3) is 0 Å². The van der Waals surface area contributed by atoms with Crippen molar-refractivity contribution < 1.29 is 14.7 Å². The van der Waals surface area contributed by atoms with Crippen molar-refractivity contribution in [2.75, 3.05) is 5.75 Å². The Morgan fingerprint density at radius 2 is 1.89 bits per heavy atom. The van der Waals surface area contributed by atoms with Crippen LogP contribution < -0.4 is 4.72 Å². The summed E-state index contributed by atoms with van der Waals surface area (Å²) in [7, 11) is 0. The van der Waals surface area contributed by atoms with Crippen LogP contribution >= 0.6 is 11.9 Å². The second-order valence-corrected chi connectivity index (χ2v) is 5.25. The molecular formula is C14H19NO3S. The highest BCUT2D eigenvalue weighted by molar-refractivity contribution is 7.97. The lowest BCUT2D eigenvalue weighted by Crippen LogP contribution is -2.47. The molecule has 5 heteroatoms. The normalized spacial score (nSPS) is 13.8. The fourth-order valence-corrected chi connectivity index (χ4v) is 2.45. The van der Waals surface area contributed by atoms with Gasteiger partial charge in [0.2, 0.25) is 0 Å². The van der Waals surface area contributed by atoms with E-state index in [0.717, 1.165) is 5.75 Å². The van der Waals surface area contributed by atoms with Crippen molar-refractivity contribution in [3.05, 3.63) is 35.9 Å². The molecule has 0 saturated carbocycles. The predicted octanol–water partition coefficient (Wildman–Crippen LogP) is 2.59. The number of carbonyl (C=O) groups is 2. The quantitative estimate of drug-likeness (QED) is 0.717. The van der Waals surface area contributed by atoms with Crippen molar-refractivity contribution >= 4 is 23.7 Å². The van der Waals surface area contributed by atoms with E-state index in [1.807, 2.05) is 13.0 Å². The minimum Gasteiger partial charge on any atom is -0.480 e. The number of hydrogen-bond donors (Lipinski definition) is 2. The Balaban J connectivity index is 3.18. The molecule has 1 rings (SSSR count). The van der Waals surface area contributed by atoms with Gasteiger partial charge in [0.15, 0.2) is 5.54 Å². The van der Waals surface area contributed by atoms with E-state index in [-0.39, 0.29) is 12.2 Å². The van der Waals surface area contributed by atoms with Gasteiger partial charge in [-0.15, -0.1) is 0 Å². The van der Waals surface area contributed by atoms with Gasteiger partial charge < -0.3 is 5.11 Å². The molecule has 0 amide bonds. The van der Waals surface area contributed by atoms with Gasteiger partial charge in [-0.25, -0.2) is 9.52 Å². The third kappa shape index (κ3) is 3.81. The number of carbonyl (C=O) groups excluding carboxylic acids is 1. The smallest absolute Gasteiger partial charge is 0.329 e. The molecule has 19 heavy (non-hydrogen) atoms. The minimum absolute atomic E-state index is 0.0458. The number of benzene rings is 1. The first-order chi connectivity index (χ1) is 9.06. The topological polar surface area (TPSA) is 66.4 Å². The van der Waals surface area contributed by atoms with Crippen LogP contribution in [0.3, 0.4) is 0 Å². The first kappa shape index (κ1) is 15.7. The molecule has 2 N–H and O–H groups in total. The van der Waals surface area contributed by atoms with Crippen LogP contribution in [-0.4, -0.2) is 22.6 Å². The van der Waals surface area contributed by atoms with Crippen molar-refractivity contribution in [3.63, 3.8) is 0 Å². The molecule has 1 aromatic rings. The summed E-state index contributed by atoms with van der Waals surface area (Å²) in [6.07, 6.45) is 0.288. The van der Waals surface area contributed by atoms with Crippen LogP contribution in [0, 0.1) is 0 Å².